The number of rotatable bonds is 4. The molecule has 1 aliphatic rings. The van der Waals surface area contributed by atoms with E-state index in [-0.39, 0.29) is 23.4 Å². The van der Waals surface area contributed by atoms with E-state index in [1.54, 1.807) is 0 Å². The zero-order valence-corrected chi connectivity index (χ0v) is 13.4. The van der Waals surface area contributed by atoms with Crippen molar-refractivity contribution in [2.75, 3.05) is 20.6 Å². The summed E-state index contributed by atoms with van der Waals surface area (Å²) in [5.74, 6) is 1.20. The van der Waals surface area contributed by atoms with Crippen molar-refractivity contribution in [3.63, 3.8) is 0 Å². The number of nitrogens with one attached hydrogen (secondary N) is 1. The molecule has 4 atom stereocenters. The van der Waals surface area contributed by atoms with Gasteiger partial charge in [-0.05, 0) is 52.6 Å². The highest BCUT2D eigenvalue weighted by Gasteiger charge is 2.35. The van der Waals surface area contributed by atoms with Crippen LogP contribution in [0.3, 0.4) is 0 Å². The normalized spacial score (nSPS) is 32.4. The van der Waals surface area contributed by atoms with Gasteiger partial charge in [-0.3, -0.25) is 4.79 Å². The topological polar surface area (TPSA) is 58.4 Å². The summed E-state index contributed by atoms with van der Waals surface area (Å²) in [7, 11) is 4.07. The molecule has 1 saturated carbocycles. The van der Waals surface area contributed by atoms with E-state index < -0.39 is 0 Å². The second-order valence-corrected chi connectivity index (χ2v) is 7.12. The number of amides is 1. The summed E-state index contributed by atoms with van der Waals surface area (Å²) < 4.78 is 0. The van der Waals surface area contributed by atoms with E-state index in [1.165, 1.54) is 0 Å². The molecule has 0 saturated heterocycles. The van der Waals surface area contributed by atoms with E-state index in [4.69, 9.17) is 5.73 Å². The van der Waals surface area contributed by atoms with Gasteiger partial charge in [-0.2, -0.15) is 0 Å². The van der Waals surface area contributed by atoms with Crippen LogP contribution in [0.2, 0.25) is 0 Å². The second-order valence-electron chi connectivity index (χ2n) is 7.12. The summed E-state index contributed by atoms with van der Waals surface area (Å²) in [5.41, 5.74) is 6.09. The Hall–Kier alpha value is -0.610. The lowest BCUT2D eigenvalue weighted by Gasteiger charge is -2.37. The van der Waals surface area contributed by atoms with Crippen LogP contribution in [0.5, 0.6) is 0 Å². The van der Waals surface area contributed by atoms with Gasteiger partial charge in [0, 0.05) is 24.0 Å². The second kappa shape index (κ2) is 6.23. The minimum atomic E-state index is -0.0248. The van der Waals surface area contributed by atoms with E-state index in [2.05, 4.69) is 37.9 Å². The van der Waals surface area contributed by atoms with Crippen LogP contribution < -0.4 is 11.1 Å². The molecule has 112 valence electrons. The zero-order chi connectivity index (χ0) is 14.8. The van der Waals surface area contributed by atoms with E-state index in [0.717, 1.165) is 12.8 Å². The van der Waals surface area contributed by atoms with Crippen molar-refractivity contribution >= 4 is 5.91 Å². The Morgan fingerprint density at radius 2 is 1.84 bits per heavy atom. The molecule has 0 heterocycles. The Balaban J connectivity index is 2.54. The van der Waals surface area contributed by atoms with Crippen LogP contribution in [0.1, 0.15) is 40.5 Å². The number of carbonyl (C=O) groups excluding carboxylic acids is 1. The minimum absolute atomic E-state index is 0.0248. The van der Waals surface area contributed by atoms with Gasteiger partial charge in [0.15, 0.2) is 0 Å². The first-order valence-corrected chi connectivity index (χ1v) is 7.36. The van der Waals surface area contributed by atoms with Gasteiger partial charge in [-0.15, -0.1) is 0 Å². The van der Waals surface area contributed by atoms with Crippen molar-refractivity contribution in [3.05, 3.63) is 0 Å². The maximum atomic E-state index is 12.3. The summed E-state index contributed by atoms with van der Waals surface area (Å²) in [6.07, 6.45) is 1.87. The van der Waals surface area contributed by atoms with Crippen LogP contribution in [0.4, 0.5) is 0 Å². The largest absolute Gasteiger partial charge is 0.354 e. The molecule has 1 fully saturated rings. The number of nitrogens with zero attached hydrogens (tertiary/aromatic N) is 1. The quantitative estimate of drug-likeness (QED) is 0.812. The predicted octanol–water partition coefficient (Wildman–Crippen LogP) is 1.45. The molecule has 0 aromatic rings. The highest BCUT2D eigenvalue weighted by molar-refractivity contribution is 5.79. The summed E-state index contributed by atoms with van der Waals surface area (Å²) in [5, 5.41) is 3.10. The molecule has 3 N–H and O–H groups in total. The van der Waals surface area contributed by atoms with Crippen molar-refractivity contribution in [2.45, 2.75) is 52.1 Å². The van der Waals surface area contributed by atoms with Crippen molar-refractivity contribution in [1.82, 2.24) is 10.2 Å². The predicted molar refractivity (Wildman–Crippen MR) is 79.8 cm³/mol. The van der Waals surface area contributed by atoms with Gasteiger partial charge in [0.05, 0.1) is 0 Å². The van der Waals surface area contributed by atoms with Gasteiger partial charge in [-0.25, -0.2) is 0 Å². The fourth-order valence-corrected chi connectivity index (χ4v) is 2.64. The Kier molecular flexibility index (Phi) is 5.39. The number of hydrogen-bond acceptors (Lipinski definition) is 3. The molecule has 1 amide bonds. The molecule has 0 radical (unpaired) electrons. The summed E-state index contributed by atoms with van der Waals surface area (Å²) in [6, 6.07) is 0.161. The molecule has 19 heavy (non-hydrogen) atoms. The van der Waals surface area contributed by atoms with Crippen LogP contribution in [0, 0.1) is 17.8 Å². The van der Waals surface area contributed by atoms with E-state index >= 15 is 0 Å². The lowest BCUT2D eigenvalue weighted by molar-refractivity contribution is -0.128. The van der Waals surface area contributed by atoms with Gasteiger partial charge in [0.2, 0.25) is 5.91 Å². The van der Waals surface area contributed by atoms with Crippen molar-refractivity contribution in [2.24, 2.45) is 23.5 Å². The maximum absolute atomic E-state index is 12.3. The molecular formula is C15H31N3O. The molecule has 0 aromatic heterocycles. The standard InChI is InChI=1S/C15H31N3O/c1-10-7-11(2)13(16)8-12(10)14(19)17-9-15(3,4)18(5)6/h10-13H,7-9,16H2,1-6H3,(H,17,19). The lowest BCUT2D eigenvalue weighted by atomic mass is 9.72. The van der Waals surface area contributed by atoms with Crippen LogP contribution >= 0.6 is 0 Å². The van der Waals surface area contributed by atoms with Crippen LogP contribution in [-0.2, 0) is 4.79 Å². The smallest absolute Gasteiger partial charge is 0.223 e. The number of hydrogen-bond donors (Lipinski definition) is 2. The maximum Gasteiger partial charge on any atom is 0.223 e. The SMILES string of the molecule is CC1CC(C)C(C(=O)NCC(C)(C)N(C)C)CC1N. The number of likely N-dealkylation sites (N-methyl/N-ethyl adjacent to an activating group) is 1. The van der Waals surface area contributed by atoms with E-state index in [0.29, 0.717) is 18.4 Å². The molecule has 4 heteroatoms. The highest BCUT2D eigenvalue weighted by Crippen LogP contribution is 2.32. The van der Waals surface area contributed by atoms with Gasteiger partial charge in [-0.1, -0.05) is 13.8 Å². The van der Waals surface area contributed by atoms with Crippen molar-refractivity contribution in [3.8, 4) is 0 Å². The molecule has 0 spiro atoms. The molecule has 4 nitrogen and oxygen atoms in total. The summed E-state index contributed by atoms with van der Waals surface area (Å²) >= 11 is 0. The lowest BCUT2D eigenvalue weighted by Crippen LogP contribution is -2.51. The minimum Gasteiger partial charge on any atom is -0.354 e. The van der Waals surface area contributed by atoms with Crippen molar-refractivity contribution in [1.29, 1.82) is 0 Å². The third kappa shape index (κ3) is 4.18. The fourth-order valence-electron chi connectivity index (χ4n) is 2.64. The Morgan fingerprint density at radius 3 is 2.37 bits per heavy atom. The number of nitrogens with two attached hydrogens (primary N) is 1. The number of carbonyl (C=O) groups is 1. The fraction of sp³-hybridized carbons (Fsp3) is 0.933. The van der Waals surface area contributed by atoms with Crippen LogP contribution in [-0.4, -0.2) is 43.0 Å². The third-order valence-corrected chi connectivity index (χ3v) is 4.93. The first kappa shape index (κ1) is 16.4. The molecule has 1 rings (SSSR count). The third-order valence-electron chi connectivity index (χ3n) is 4.93. The summed E-state index contributed by atoms with van der Waals surface area (Å²) in [6.45, 7) is 9.29. The Labute approximate surface area is 118 Å². The van der Waals surface area contributed by atoms with Gasteiger partial charge in [0.25, 0.3) is 0 Å². The average Bonchev–Trinajstić information content (AvgIpc) is 2.30. The van der Waals surface area contributed by atoms with E-state index in [9.17, 15) is 4.79 Å². The van der Waals surface area contributed by atoms with Crippen molar-refractivity contribution < 1.29 is 4.79 Å². The van der Waals surface area contributed by atoms with Gasteiger partial charge >= 0.3 is 0 Å². The Morgan fingerprint density at radius 1 is 1.26 bits per heavy atom. The van der Waals surface area contributed by atoms with Gasteiger partial charge < -0.3 is 16.0 Å². The van der Waals surface area contributed by atoms with E-state index in [1.807, 2.05) is 14.1 Å². The molecule has 0 aliphatic heterocycles. The molecular weight excluding hydrogens is 238 g/mol. The molecule has 0 aromatic carbocycles. The van der Waals surface area contributed by atoms with Gasteiger partial charge in [0.1, 0.15) is 0 Å². The first-order chi connectivity index (χ1) is 8.65. The monoisotopic (exact) mass is 269 g/mol. The highest BCUT2D eigenvalue weighted by atomic mass is 16.1. The summed E-state index contributed by atoms with van der Waals surface area (Å²) in [4.78, 5) is 14.5. The Bertz CT molecular complexity index is 315. The molecule has 4 unspecified atom stereocenters. The molecule has 1 aliphatic carbocycles. The van der Waals surface area contributed by atoms with Crippen LogP contribution in [0.25, 0.3) is 0 Å². The molecule has 0 bridgehead atoms. The van der Waals surface area contributed by atoms with Crippen LogP contribution in [0.15, 0.2) is 0 Å². The average molecular weight is 269 g/mol. The zero-order valence-electron chi connectivity index (χ0n) is 13.4. The first-order valence-electron chi connectivity index (χ1n) is 7.36.